The van der Waals surface area contributed by atoms with E-state index in [1.54, 1.807) is 13.0 Å². The first kappa shape index (κ1) is 16.9. The zero-order valence-electron chi connectivity index (χ0n) is 13.3. The van der Waals surface area contributed by atoms with Gasteiger partial charge in [-0.2, -0.15) is 0 Å². The summed E-state index contributed by atoms with van der Waals surface area (Å²) < 4.78 is 32.3. The lowest BCUT2D eigenvalue weighted by Gasteiger charge is -2.19. The van der Waals surface area contributed by atoms with E-state index in [1.165, 1.54) is 6.07 Å². The van der Waals surface area contributed by atoms with Gasteiger partial charge in [0, 0.05) is 6.07 Å². The molecule has 0 aliphatic heterocycles. The van der Waals surface area contributed by atoms with Crippen LogP contribution in [0.3, 0.4) is 0 Å². The molecular weight excluding hydrogens is 300 g/mol. The van der Waals surface area contributed by atoms with Gasteiger partial charge in [0.05, 0.1) is 5.69 Å². The van der Waals surface area contributed by atoms with Gasteiger partial charge < -0.3 is 10.1 Å². The van der Waals surface area contributed by atoms with Gasteiger partial charge in [-0.1, -0.05) is 24.6 Å². The summed E-state index contributed by atoms with van der Waals surface area (Å²) in [6.45, 7) is 5.67. The molecule has 1 atom stereocenters. The number of halogens is 2. The van der Waals surface area contributed by atoms with E-state index in [1.807, 2.05) is 26.0 Å². The van der Waals surface area contributed by atoms with Gasteiger partial charge >= 0.3 is 0 Å². The molecule has 0 fully saturated rings. The van der Waals surface area contributed by atoms with Crippen LogP contribution in [0.2, 0.25) is 0 Å². The highest BCUT2D eigenvalue weighted by atomic mass is 19.1. The number of ether oxygens (including phenoxy) is 1. The van der Waals surface area contributed by atoms with Crippen molar-refractivity contribution < 1.29 is 18.3 Å². The highest BCUT2D eigenvalue weighted by molar-refractivity contribution is 5.94. The van der Waals surface area contributed by atoms with Crippen molar-refractivity contribution in [3.05, 3.63) is 59.2 Å². The molecule has 2 rings (SSSR count). The first-order valence-corrected chi connectivity index (χ1v) is 7.40. The molecule has 0 aromatic heterocycles. The maximum atomic E-state index is 13.6. The Morgan fingerprint density at radius 1 is 1.17 bits per heavy atom. The highest BCUT2D eigenvalue weighted by Gasteiger charge is 2.20. The Bertz CT molecular complexity index is 716. The molecule has 0 spiro atoms. The first-order chi connectivity index (χ1) is 10.9. The van der Waals surface area contributed by atoms with Crippen molar-refractivity contribution in [2.45, 2.75) is 33.3 Å². The standard InChI is InChI=1S/C18H19F2NO2/c1-4-16(23-17-8-5-11(2)9-12(17)3)18(22)21-15-7-6-13(19)10-14(15)20/h5-10,16H,4H2,1-3H3,(H,21,22)/t16-/m1/s1. The predicted octanol–water partition coefficient (Wildman–Crippen LogP) is 4.38. The first-order valence-electron chi connectivity index (χ1n) is 7.40. The summed E-state index contributed by atoms with van der Waals surface area (Å²) >= 11 is 0. The molecule has 23 heavy (non-hydrogen) atoms. The quantitative estimate of drug-likeness (QED) is 0.888. The van der Waals surface area contributed by atoms with Crippen LogP contribution >= 0.6 is 0 Å². The molecule has 0 radical (unpaired) electrons. The van der Waals surface area contributed by atoms with Gasteiger partial charge in [-0.25, -0.2) is 8.78 Å². The fourth-order valence-electron chi connectivity index (χ4n) is 2.21. The lowest BCUT2D eigenvalue weighted by Crippen LogP contribution is -2.32. The van der Waals surface area contributed by atoms with Crippen LogP contribution in [0.25, 0.3) is 0 Å². The Labute approximate surface area is 134 Å². The molecule has 0 aliphatic carbocycles. The summed E-state index contributed by atoms with van der Waals surface area (Å²) in [5, 5.41) is 2.43. The fraction of sp³-hybridized carbons (Fsp3) is 0.278. The molecule has 0 unspecified atom stereocenters. The summed E-state index contributed by atoms with van der Waals surface area (Å²) in [6, 6.07) is 8.66. The molecule has 122 valence electrons. The predicted molar refractivity (Wildman–Crippen MR) is 85.6 cm³/mol. The van der Waals surface area contributed by atoms with Gasteiger partial charge in [0.25, 0.3) is 5.91 Å². The number of hydrogen-bond acceptors (Lipinski definition) is 2. The third-order valence-electron chi connectivity index (χ3n) is 3.45. The van der Waals surface area contributed by atoms with E-state index in [0.29, 0.717) is 12.2 Å². The number of benzene rings is 2. The summed E-state index contributed by atoms with van der Waals surface area (Å²) in [5.41, 5.74) is 1.95. The molecule has 2 aromatic rings. The van der Waals surface area contributed by atoms with E-state index in [-0.39, 0.29) is 5.69 Å². The van der Waals surface area contributed by atoms with Crippen molar-refractivity contribution in [1.29, 1.82) is 0 Å². The van der Waals surface area contributed by atoms with Crippen molar-refractivity contribution >= 4 is 11.6 Å². The number of nitrogens with one attached hydrogen (secondary N) is 1. The van der Waals surface area contributed by atoms with Crippen molar-refractivity contribution in [3.63, 3.8) is 0 Å². The summed E-state index contributed by atoms with van der Waals surface area (Å²) in [7, 11) is 0. The van der Waals surface area contributed by atoms with E-state index in [2.05, 4.69) is 5.32 Å². The number of anilines is 1. The van der Waals surface area contributed by atoms with Gasteiger partial charge in [0.1, 0.15) is 17.4 Å². The van der Waals surface area contributed by atoms with Crippen LogP contribution in [0.4, 0.5) is 14.5 Å². The van der Waals surface area contributed by atoms with Crippen LogP contribution in [0.5, 0.6) is 5.75 Å². The van der Waals surface area contributed by atoms with Crippen molar-refractivity contribution in [2.24, 2.45) is 0 Å². The monoisotopic (exact) mass is 319 g/mol. The van der Waals surface area contributed by atoms with Crippen LogP contribution in [0, 0.1) is 25.5 Å². The van der Waals surface area contributed by atoms with Gasteiger partial charge in [0.2, 0.25) is 0 Å². The Hall–Kier alpha value is -2.43. The van der Waals surface area contributed by atoms with Gasteiger partial charge in [-0.15, -0.1) is 0 Å². The van der Waals surface area contributed by atoms with Crippen LogP contribution in [-0.4, -0.2) is 12.0 Å². The van der Waals surface area contributed by atoms with Crippen LogP contribution in [0.1, 0.15) is 24.5 Å². The molecule has 0 heterocycles. The van der Waals surface area contributed by atoms with E-state index >= 15 is 0 Å². The Balaban J connectivity index is 2.12. The van der Waals surface area contributed by atoms with Crippen molar-refractivity contribution in [3.8, 4) is 5.75 Å². The molecule has 3 nitrogen and oxygen atoms in total. The van der Waals surface area contributed by atoms with Crippen LogP contribution in [-0.2, 0) is 4.79 Å². The topological polar surface area (TPSA) is 38.3 Å². The summed E-state index contributed by atoms with van der Waals surface area (Å²) in [4.78, 5) is 12.3. The second-order valence-electron chi connectivity index (χ2n) is 5.40. The Morgan fingerprint density at radius 3 is 2.52 bits per heavy atom. The third kappa shape index (κ3) is 4.28. The van der Waals surface area contributed by atoms with Gasteiger partial charge in [-0.05, 0) is 44.0 Å². The van der Waals surface area contributed by atoms with Crippen molar-refractivity contribution in [1.82, 2.24) is 0 Å². The molecule has 1 N–H and O–H groups in total. The zero-order chi connectivity index (χ0) is 17.0. The normalized spacial score (nSPS) is 11.9. The smallest absolute Gasteiger partial charge is 0.265 e. The molecule has 1 amide bonds. The second-order valence-corrected chi connectivity index (χ2v) is 5.40. The molecule has 5 heteroatoms. The summed E-state index contributed by atoms with van der Waals surface area (Å²) in [6.07, 6.45) is -0.344. The number of rotatable bonds is 5. The van der Waals surface area contributed by atoms with E-state index in [4.69, 9.17) is 4.74 Å². The molecule has 2 aromatic carbocycles. The third-order valence-corrected chi connectivity index (χ3v) is 3.45. The van der Waals surface area contributed by atoms with E-state index in [9.17, 15) is 13.6 Å². The van der Waals surface area contributed by atoms with Gasteiger partial charge in [-0.3, -0.25) is 4.79 Å². The number of carbonyl (C=O) groups is 1. The minimum absolute atomic E-state index is 0.0703. The zero-order valence-corrected chi connectivity index (χ0v) is 13.3. The maximum Gasteiger partial charge on any atom is 0.265 e. The largest absolute Gasteiger partial charge is 0.480 e. The van der Waals surface area contributed by atoms with E-state index < -0.39 is 23.6 Å². The number of carbonyl (C=O) groups excluding carboxylic acids is 1. The molecular formula is C18H19F2NO2. The lowest BCUT2D eigenvalue weighted by molar-refractivity contribution is -0.122. The highest BCUT2D eigenvalue weighted by Crippen LogP contribution is 2.22. The van der Waals surface area contributed by atoms with Gasteiger partial charge in [0.15, 0.2) is 6.10 Å². The number of aryl methyl sites for hydroxylation is 2. The average Bonchev–Trinajstić information content (AvgIpc) is 2.49. The molecule has 0 saturated heterocycles. The number of hydrogen-bond donors (Lipinski definition) is 1. The Morgan fingerprint density at radius 2 is 1.91 bits per heavy atom. The lowest BCUT2D eigenvalue weighted by atomic mass is 10.1. The molecule has 0 bridgehead atoms. The molecule has 0 aliphatic rings. The summed E-state index contributed by atoms with van der Waals surface area (Å²) in [5.74, 6) is -1.38. The SMILES string of the molecule is CC[C@@H](Oc1ccc(C)cc1C)C(=O)Nc1ccc(F)cc1F. The minimum atomic E-state index is -0.820. The Kier molecular flexibility index (Phi) is 5.32. The maximum absolute atomic E-state index is 13.6. The fourth-order valence-corrected chi connectivity index (χ4v) is 2.21. The van der Waals surface area contributed by atoms with Crippen molar-refractivity contribution in [2.75, 3.05) is 5.32 Å². The number of amides is 1. The average molecular weight is 319 g/mol. The van der Waals surface area contributed by atoms with E-state index in [0.717, 1.165) is 23.3 Å². The van der Waals surface area contributed by atoms with Crippen LogP contribution in [0.15, 0.2) is 36.4 Å². The second kappa shape index (κ2) is 7.22. The minimum Gasteiger partial charge on any atom is -0.480 e. The molecule has 0 saturated carbocycles. The van der Waals surface area contributed by atoms with Crippen LogP contribution < -0.4 is 10.1 Å².